The largest absolute Gasteiger partial charge is 0.379 e. The molecule has 1 aromatic heterocycles. The van der Waals surface area contributed by atoms with Crippen molar-refractivity contribution in [3.63, 3.8) is 0 Å². The van der Waals surface area contributed by atoms with Crippen LogP contribution in [0.1, 0.15) is 17.5 Å². The van der Waals surface area contributed by atoms with Gasteiger partial charge in [0.2, 0.25) is 0 Å². The number of nitrogens with one attached hydrogen (secondary N) is 1. The number of carbonyl (C=O) groups excluding carboxylic acids is 1. The number of rotatable bonds is 5. The molecule has 0 spiro atoms. The smallest absolute Gasteiger partial charge is 0.318 e. The van der Waals surface area contributed by atoms with Crippen LogP contribution < -0.4 is 5.32 Å². The third kappa shape index (κ3) is 4.17. The summed E-state index contributed by atoms with van der Waals surface area (Å²) < 4.78 is 20.6. The molecule has 2 aromatic rings. The van der Waals surface area contributed by atoms with Crippen molar-refractivity contribution < 1.29 is 13.9 Å². The van der Waals surface area contributed by atoms with Crippen LogP contribution in [0.4, 0.5) is 9.18 Å². The maximum Gasteiger partial charge on any atom is 0.318 e. The number of carbonyl (C=O) groups is 1. The lowest BCUT2D eigenvalue weighted by Crippen LogP contribution is -2.46. The van der Waals surface area contributed by atoms with Crippen LogP contribution in [-0.2, 0) is 24.8 Å². The van der Waals surface area contributed by atoms with E-state index in [0.717, 1.165) is 17.5 Å². The van der Waals surface area contributed by atoms with E-state index in [2.05, 4.69) is 10.4 Å². The number of benzene rings is 1. The summed E-state index contributed by atoms with van der Waals surface area (Å²) in [5.74, 6) is -0.304. The Bertz CT molecular complexity index is 733. The lowest BCUT2D eigenvalue weighted by atomic mass is 10.0. The van der Waals surface area contributed by atoms with Gasteiger partial charge in [-0.3, -0.25) is 4.68 Å². The first-order valence-corrected chi connectivity index (χ1v) is 8.36. The van der Waals surface area contributed by atoms with Crippen LogP contribution in [0.15, 0.2) is 36.7 Å². The zero-order chi connectivity index (χ0) is 17.8. The van der Waals surface area contributed by atoms with Crippen LogP contribution in [0.25, 0.3) is 0 Å². The van der Waals surface area contributed by atoms with Gasteiger partial charge in [0.05, 0.1) is 18.3 Å². The number of aromatic nitrogens is 2. The standard InChI is InChI=1S/C18H23FN4O2/c1-22-12-14(11-21-22)9-16-17(25-2)6-7-23(16)18(24)20-10-13-4-3-5-15(19)8-13/h3-5,8,11-12,16-17H,6-7,9-10H2,1-2H3,(H,20,24)/t16-,17-/m0/s1. The number of hydrogen-bond acceptors (Lipinski definition) is 3. The molecular weight excluding hydrogens is 323 g/mol. The molecule has 6 nitrogen and oxygen atoms in total. The summed E-state index contributed by atoms with van der Waals surface area (Å²) in [5, 5.41) is 7.06. The molecule has 0 bridgehead atoms. The molecule has 1 N–H and O–H groups in total. The number of likely N-dealkylation sites (tertiary alicyclic amines) is 1. The van der Waals surface area contributed by atoms with Crippen LogP contribution in [0.5, 0.6) is 0 Å². The Hall–Kier alpha value is -2.41. The van der Waals surface area contributed by atoms with Gasteiger partial charge in [-0.1, -0.05) is 12.1 Å². The highest BCUT2D eigenvalue weighted by Crippen LogP contribution is 2.24. The minimum absolute atomic E-state index is 0.000117. The van der Waals surface area contributed by atoms with Gasteiger partial charge in [0.25, 0.3) is 0 Å². The molecule has 0 aliphatic carbocycles. The molecule has 0 saturated carbocycles. The number of aryl methyl sites for hydroxylation is 1. The molecule has 1 saturated heterocycles. The molecule has 2 amide bonds. The maximum atomic E-state index is 13.2. The molecule has 134 valence electrons. The Morgan fingerprint density at radius 1 is 1.44 bits per heavy atom. The van der Waals surface area contributed by atoms with Gasteiger partial charge >= 0.3 is 6.03 Å². The van der Waals surface area contributed by atoms with E-state index >= 15 is 0 Å². The Kier molecular flexibility index (Phi) is 5.33. The summed E-state index contributed by atoms with van der Waals surface area (Å²) in [6.07, 6.45) is 5.26. The van der Waals surface area contributed by atoms with Crippen LogP contribution in [0, 0.1) is 5.82 Å². The molecule has 2 atom stereocenters. The van der Waals surface area contributed by atoms with Crippen molar-refractivity contribution in [2.45, 2.75) is 31.5 Å². The molecule has 3 rings (SSSR count). The van der Waals surface area contributed by atoms with E-state index in [1.807, 2.05) is 19.4 Å². The van der Waals surface area contributed by atoms with Crippen LogP contribution in [-0.4, -0.2) is 46.5 Å². The van der Waals surface area contributed by atoms with Crippen LogP contribution in [0.3, 0.4) is 0 Å². The first-order valence-electron chi connectivity index (χ1n) is 8.36. The molecular formula is C18H23FN4O2. The predicted molar refractivity (Wildman–Crippen MR) is 91.5 cm³/mol. The summed E-state index contributed by atoms with van der Waals surface area (Å²) >= 11 is 0. The number of amides is 2. The summed E-state index contributed by atoms with van der Waals surface area (Å²) in [7, 11) is 3.55. The molecule has 1 aromatic carbocycles. The monoisotopic (exact) mass is 346 g/mol. The molecule has 1 aliphatic rings. The minimum atomic E-state index is -0.304. The van der Waals surface area contributed by atoms with Crippen molar-refractivity contribution in [3.05, 3.63) is 53.6 Å². The SMILES string of the molecule is CO[C@H]1CCN(C(=O)NCc2cccc(F)c2)[C@H]1Cc1cnn(C)c1. The fraction of sp³-hybridized carbons (Fsp3) is 0.444. The Labute approximate surface area is 146 Å². The average Bonchev–Trinajstić information content (AvgIpc) is 3.19. The quantitative estimate of drug-likeness (QED) is 0.902. The number of halogens is 1. The first-order chi connectivity index (χ1) is 12.1. The molecule has 2 heterocycles. The molecule has 0 radical (unpaired) electrons. The lowest BCUT2D eigenvalue weighted by molar-refractivity contribution is 0.0724. The molecule has 1 aliphatic heterocycles. The Balaban J connectivity index is 1.64. The first kappa shape index (κ1) is 17.4. The van der Waals surface area contributed by atoms with Crippen molar-refractivity contribution >= 4 is 6.03 Å². The van der Waals surface area contributed by atoms with E-state index in [-0.39, 0.29) is 24.0 Å². The molecule has 1 fully saturated rings. The van der Waals surface area contributed by atoms with Gasteiger partial charge in [0, 0.05) is 33.4 Å². The van der Waals surface area contributed by atoms with Crippen molar-refractivity contribution in [1.82, 2.24) is 20.0 Å². The van der Waals surface area contributed by atoms with Gasteiger partial charge in [-0.05, 0) is 36.1 Å². The van der Waals surface area contributed by atoms with Crippen molar-refractivity contribution in [3.8, 4) is 0 Å². The zero-order valence-corrected chi connectivity index (χ0v) is 14.5. The topological polar surface area (TPSA) is 59.4 Å². The fourth-order valence-corrected chi connectivity index (χ4v) is 3.34. The number of nitrogens with zero attached hydrogens (tertiary/aromatic N) is 3. The second-order valence-corrected chi connectivity index (χ2v) is 6.34. The van der Waals surface area contributed by atoms with E-state index in [1.54, 1.807) is 28.8 Å². The summed E-state index contributed by atoms with van der Waals surface area (Å²) in [6.45, 7) is 0.933. The van der Waals surface area contributed by atoms with E-state index in [0.29, 0.717) is 19.5 Å². The average molecular weight is 346 g/mol. The lowest BCUT2D eigenvalue weighted by Gasteiger charge is -2.27. The molecule has 7 heteroatoms. The van der Waals surface area contributed by atoms with Gasteiger partial charge in [-0.25, -0.2) is 9.18 Å². The van der Waals surface area contributed by atoms with Crippen LogP contribution in [0.2, 0.25) is 0 Å². The number of methoxy groups -OCH3 is 1. The second-order valence-electron chi connectivity index (χ2n) is 6.34. The normalized spacial score (nSPS) is 20.0. The van der Waals surface area contributed by atoms with Crippen molar-refractivity contribution in [2.24, 2.45) is 7.05 Å². The number of urea groups is 1. The fourth-order valence-electron chi connectivity index (χ4n) is 3.34. The highest BCUT2D eigenvalue weighted by Gasteiger charge is 2.37. The van der Waals surface area contributed by atoms with Gasteiger partial charge in [0.1, 0.15) is 5.82 Å². The summed E-state index contributed by atoms with van der Waals surface area (Å²) in [4.78, 5) is 14.4. The van der Waals surface area contributed by atoms with E-state index in [9.17, 15) is 9.18 Å². The van der Waals surface area contributed by atoms with Crippen LogP contribution >= 0.6 is 0 Å². The third-order valence-corrected chi connectivity index (χ3v) is 4.58. The van der Waals surface area contributed by atoms with Gasteiger partial charge in [-0.2, -0.15) is 5.10 Å². The minimum Gasteiger partial charge on any atom is -0.379 e. The Morgan fingerprint density at radius 2 is 2.28 bits per heavy atom. The van der Waals surface area contributed by atoms with Gasteiger partial charge < -0.3 is 15.0 Å². The third-order valence-electron chi connectivity index (χ3n) is 4.58. The Morgan fingerprint density at radius 3 is 2.96 bits per heavy atom. The van der Waals surface area contributed by atoms with Crippen molar-refractivity contribution in [2.75, 3.05) is 13.7 Å². The highest BCUT2D eigenvalue weighted by molar-refractivity contribution is 5.75. The summed E-state index contributed by atoms with van der Waals surface area (Å²) in [6, 6.07) is 6.05. The highest BCUT2D eigenvalue weighted by atomic mass is 19.1. The van der Waals surface area contributed by atoms with Gasteiger partial charge in [-0.15, -0.1) is 0 Å². The zero-order valence-electron chi connectivity index (χ0n) is 14.5. The number of hydrogen-bond donors (Lipinski definition) is 1. The van der Waals surface area contributed by atoms with E-state index in [4.69, 9.17) is 4.74 Å². The van der Waals surface area contributed by atoms with E-state index in [1.165, 1.54) is 12.1 Å². The predicted octanol–water partition coefficient (Wildman–Crippen LogP) is 2.10. The van der Waals surface area contributed by atoms with Gasteiger partial charge in [0.15, 0.2) is 0 Å². The number of ether oxygens (including phenoxy) is 1. The van der Waals surface area contributed by atoms with E-state index < -0.39 is 0 Å². The second kappa shape index (κ2) is 7.65. The molecule has 25 heavy (non-hydrogen) atoms. The summed E-state index contributed by atoms with van der Waals surface area (Å²) in [5.41, 5.74) is 1.80. The van der Waals surface area contributed by atoms with Crippen molar-refractivity contribution in [1.29, 1.82) is 0 Å². The maximum absolute atomic E-state index is 13.2. The molecule has 0 unspecified atom stereocenters.